The van der Waals surface area contributed by atoms with Crippen LogP contribution in [-0.4, -0.2) is 80.6 Å². The van der Waals surface area contributed by atoms with E-state index < -0.39 is 34.6 Å². The molecule has 2 unspecified atom stereocenters. The van der Waals surface area contributed by atoms with E-state index in [4.69, 9.17) is 4.74 Å². The molecule has 7 nitrogen and oxygen atoms in total. The molecule has 1 N–H and O–H groups in total. The van der Waals surface area contributed by atoms with Gasteiger partial charge in [0.15, 0.2) is 0 Å². The van der Waals surface area contributed by atoms with Gasteiger partial charge in [-0.1, -0.05) is 39.0 Å². The number of carbonyl (C=O) groups is 3. The quantitative estimate of drug-likeness (QED) is 0.363. The van der Waals surface area contributed by atoms with Crippen molar-refractivity contribution in [3.8, 4) is 0 Å². The number of hydrogen-bond acceptors (Lipinski definition) is 6. The standard InChI is InChI=1S/C25H38N2O5S/c1-7-12-26(15(4)5)23(30)21-25-11-10-18(33-25)19(24(31)32-13-8-2)20(25)22(29)27(21)17(14-28)16(6)9-3/h7-8,15-21,28H,1-2,9-14H2,3-6H3/t16-,17-,18-,19+,20-,21?,25?/m0/s1. The van der Waals surface area contributed by atoms with Crippen LogP contribution in [0.15, 0.2) is 25.3 Å². The summed E-state index contributed by atoms with van der Waals surface area (Å²) in [4.78, 5) is 44.5. The highest BCUT2D eigenvalue weighted by Gasteiger charge is 2.75. The van der Waals surface area contributed by atoms with E-state index in [1.165, 1.54) is 6.08 Å². The van der Waals surface area contributed by atoms with Crippen molar-refractivity contribution in [3.63, 3.8) is 0 Å². The molecule has 2 amide bonds. The summed E-state index contributed by atoms with van der Waals surface area (Å²) >= 11 is 1.61. The van der Waals surface area contributed by atoms with E-state index in [0.29, 0.717) is 13.0 Å². The van der Waals surface area contributed by atoms with Crippen molar-refractivity contribution in [1.82, 2.24) is 9.80 Å². The molecule has 3 saturated heterocycles. The third kappa shape index (κ3) is 4.14. The molecule has 0 aromatic rings. The summed E-state index contributed by atoms with van der Waals surface area (Å²) in [5.74, 6) is -1.93. The highest BCUT2D eigenvalue weighted by atomic mass is 32.2. The van der Waals surface area contributed by atoms with Crippen LogP contribution in [0.25, 0.3) is 0 Å². The predicted octanol–water partition coefficient (Wildman–Crippen LogP) is 2.64. The largest absolute Gasteiger partial charge is 0.461 e. The first-order valence-electron chi connectivity index (χ1n) is 12.0. The third-order valence-corrected chi connectivity index (χ3v) is 9.62. The molecule has 3 aliphatic heterocycles. The van der Waals surface area contributed by atoms with Crippen molar-refractivity contribution >= 4 is 29.5 Å². The Kier molecular flexibility index (Phi) is 7.99. The van der Waals surface area contributed by atoms with E-state index in [9.17, 15) is 19.5 Å². The van der Waals surface area contributed by atoms with Gasteiger partial charge in [0.2, 0.25) is 11.8 Å². The number of esters is 1. The lowest BCUT2D eigenvalue weighted by Crippen LogP contribution is -2.59. The van der Waals surface area contributed by atoms with Crippen molar-refractivity contribution < 1.29 is 24.2 Å². The molecule has 3 rings (SSSR count). The van der Waals surface area contributed by atoms with Crippen LogP contribution in [0.2, 0.25) is 0 Å². The molecule has 3 heterocycles. The van der Waals surface area contributed by atoms with Crippen molar-refractivity contribution in [1.29, 1.82) is 0 Å². The molecule has 184 valence electrons. The van der Waals surface area contributed by atoms with Gasteiger partial charge in [0.1, 0.15) is 12.6 Å². The molecular weight excluding hydrogens is 440 g/mol. The van der Waals surface area contributed by atoms with Crippen LogP contribution in [0.3, 0.4) is 0 Å². The number of thioether (sulfide) groups is 1. The molecular formula is C25H38N2O5S. The number of nitrogens with zero attached hydrogens (tertiary/aromatic N) is 2. The molecule has 2 bridgehead atoms. The summed E-state index contributed by atoms with van der Waals surface area (Å²) in [6.45, 7) is 15.6. The Hall–Kier alpha value is -1.80. The maximum atomic E-state index is 14.1. The Labute approximate surface area is 201 Å². The molecule has 0 saturated carbocycles. The molecule has 3 fully saturated rings. The van der Waals surface area contributed by atoms with Gasteiger partial charge in [-0.3, -0.25) is 14.4 Å². The first kappa shape index (κ1) is 25.8. The van der Waals surface area contributed by atoms with Crippen molar-refractivity contribution in [2.45, 2.75) is 75.1 Å². The number of aliphatic hydroxyl groups excluding tert-OH is 1. The molecule has 3 aliphatic rings. The average Bonchev–Trinajstić information content (AvgIpc) is 3.43. The lowest BCUT2D eigenvalue weighted by atomic mass is 9.71. The van der Waals surface area contributed by atoms with E-state index in [-0.39, 0.29) is 42.2 Å². The number of fused-ring (bicyclic) bond motifs is 1. The number of rotatable bonds is 11. The minimum Gasteiger partial charge on any atom is -0.461 e. The monoisotopic (exact) mass is 478 g/mol. The van der Waals surface area contributed by atoms with Crippen LogP contribution < -0.4 is 0 Å². The van der Waals surface area contributed by atoms with E-state index >= 15 is 0 Å². The van der Waals surface area contributed by atoms with Crippen LogP contribution in [0.4, 0.5) is 0 Å². The SMILES string of the molecule is C=CCOC(=O)[C@@H]1[C@@H]2CCC3(S2)C(C(=O)N(CC=C)C(C)C)N([C@@H](CO)[C@@H](C)CC)C(=O)[C@H]13. The second kappa shape index (κ2) is 10.2. The number of amides is 2. The van der Waals surface area contributed by atoms with Gasteiger partial charge in [0, 0.05) is 17.8 Å². The summed E-state index contributed by atoms with van der Waals surface area (Å²) in [5, 5.41) is 10.3. The third-order valence-electron chi connectivity index (χ3n) is 7.66. The van der Waals surface area contributed by atoms with Crippen LogP contribution in [0, 0.1) is 17.8 Å². The smallest absolute Gasteiger partial charge is 0.311 e. The zero-order valence-electron chi connectivity index (χ0n) is 20.2. The summed E-state index contributed by atoms with van der Waals surface area (Å²) < 4.78 is 4.70. The Balaban J connectivity index is 2.10. The Bertz CT molecular complexity index is 802. The Morgan fingerprint density at radius 1 is 1.33 bits per heavy atom. The lowest BCUT2D eigenvalue weighted by molar-refractivity contribution is -0.154. The van der Waals surface area contributed by atoms with Crippen LogP contribution in [0.1, 0.15) is 47.0 Å². The number of aliphatic hydroxyl groups is 1. The second-order valence-corrected chi connectivity index (χ2v) is 11.3. The lowest BCUT2D eigenvalue weighted by Gasteiger charge is -2.42. The van der Waals surface area contributed by atoms with Crippen molar-refractivity contribution in [3.05, 3.63) is 25.3 Å². The normalized spacial score (nSPS) is 31.9. The minimum absolute atomic E-state index is 0.00440. The van der Waals surface area contributed by atoms with E-state index in [2.05, 4.69) is 13.2 Å². The zero-order valence-corrected chi connectivity index (χ0v) is 21.1. The molecule has 1 spiro atoms. The number of carbonyl (C=O) groups excluding carboxylic acids is 3. The van der Waals surface area contributed by atoms with E-state index in [1.807, 2.05) is 27.7 Å². The highest BCUT2D eigenvalue weighted by molar-refractivity contribution is 8.02. The number of likely N-dealkylation sites (tertiary alicyclic amines) is 1. The molecule has 8 heteroatoms. The topological polar surface area (TPSA) is 87.2 Å². The van der Waals surface area contributed by atoms with Gasteiger partial charge in [-0.25, -0.2) is 0 Å². The van der Waals surface area contributed by atoms with E-state index in [0.717, 1.165) is 12.8 Å². The van der Waals surface area contributed by atoms with Gasteiger partial charge in [-0.15, -0.1) is 18.3 Å². The maximum absolute atomic E-state index is 14.1. The Morgan fingerprint density at radius 3 is 2.58 bits per heavy atom. The average molecular weight is 479 g/mol. The summed E-state index contributed by atoms with van der Waals surface area (Å²) in [5.41, 5.74) is 0. The van der Waals surface area contributed by atoms with Crippen LogP contribution in [0.5, 0.6) is 0 Å². The van der Waals surface area contributed by atoms with Gasteiger partial charge >= 0.3 is 5.97 Å². The minimum atomic E-state index is -0.726. The highest BCUT2D eigenvalue weighted by Crippen LogP contribution is 2.67. The summed E-state index contributed by atoms with van der Waals surface area (Å²) in [6.07, 6.45) is 5.42. The molecule has 0 aliphatic carbocycles. The predicted molar refractivity (Wildman–Crippen MR) is 129 cm³/mol. The van der Waals surface area contributed by atoms with Crippen LogP contribution in [-0.2, 0) is 19.1 Å². The molecule has 33 heavy (non-hydrogen) atoms. The first-order valence-corrected chi connectivity index (χ1v) is 12.9. The van der Waals surface area contributed by atoms with Gasteiger partial charge in [0.25, 0.3) is 0 Å². The fraction of sp³-hybridized carbons (Fsp3) is 0.720. The second-order valence-electron chi connectivity index (χ2n) is 9.73. The first-order chi connectivity index (χ1) is 15.7. The number of ether oxygens (including phenoxy) is 1. The van der Waals surface area contributed by atoms with E-state index in [1.54, 1.807) is 27.6 Å². The summed E-state index contributed by atoms with van der Waals surface area (Å²) in [6, 6.07) is -1.29. The maximum Gasteiger partial charge on any atom is 0.311 e. The number of hydrogen-bond donors (Lipinski definition) is 1. The molecule has 0 aromatic carbocycles. The summed E-state index contributed by atoms with van der Waals surface area (Å²) in [7, 11) is 0. The zero-order chi connectivity index (χ0) is 24.5. The fourth-order valence-corrected chi connectivity index (χ4v) is 8.09. The molecule has 0 aromatic heterocycles. The van der Waals surface area contributed by atoms with Crippen molar-refractivity contribution in [2.75, 3.05) is 19.8 Å². The van der Waals surface area contributed by atoms with Gasteiger partial charge in [0.05, 0.1) is 29.2 Å². The molecule has 7 atom stereocenters. The van der Waals surface area contributed by atoms with Crippen LogP contribution >= 0.6 is 11.8 Å². The molecule has 0 radical (unpaired) electrons. The van der Waals surface area contributed by atoms with Crippen molar-refractivity contribution in [2.24, 2.45) is 17.8 Å². The fourth-order valence-electron chi connectivity index (χ4n) is 5.90. The Morgan fingerprint density at radius 2 is 2.03 bits per heavy atom. The van der Waals surface area contributed by atoms with Gasteiger partial charge < -0.3 is 19.6 Å². The van der Waals surface area contributed by atoms with Gasteiger partial charge in [-0.05, 0) is 32.6 Å². The van der Waals surface area contributed by atoms with Gasteiger partial charge in [-0.2, -0.15) is 0 Å².